The van der Waals surface area contributed by atoms with E-state index in [1.54, 1.807) is 19.1 Å². The molecule has 2 fully saturated rings. The van der Waals surface area contributed by atoms with Crippen LogP contribution in [0.1, 0.15) is 13.3 Å². The number of likely N-dealkylation sites (N-methyl/N-ethyl adjacent to an activating group) is 1. The summed E-state index contributed by atoms with van der Waals surface area (Å²) < 4.78 is 28.6. The van der Waals surface area contributed by atoms with Crippen molar-refractivity contribution in [2.75, 3.05) is 56.7 Å². The second kappa shape index (κ2) is 8.06. The average molecular weight is 396 g/mol. The summed E-state index contributed by atoms with van der Waals surface area (Å²) in [4.78, 5) is 19.0. The predicted octanol–water partition coefficient (Wildman–Crippen LogP) is 0.851. The van der Waals surface area contributed by atoms with Gasteiger partial charge in [0.2, 0.25) is 5.91 Å². The van der Waals surface area contributed by atoms with Crippen molar-refractivity contribution >= 4 is 21.4 Å². The van der Waals surface area contributed by atoms with Crippen LogP contribution in [-0.2, 0) is 14.6 Å². The molecule has 0 unspecified atom stereocenters. The van der Waals surface area contributed by atoms with Gasteiger partial charge < -0.3 is 14.5 Å². The molecule has 2 atom stereocenters. The smallest absolute Gasteiger partial charge is 0.239 e. The van der Waals surface area contributed by atoms with E-state index in [4.69, 9.17) is 4.74 Å². The molecule has 2 aliphatic rings. The van der Waals surface area contributed by atoms with Crippen LogP contribution in [0.3, 0.4) is 0 Å². The summed E-state index contributed by atoms with van der Waals surface area (Å²) in [5.74, 6) is 1.13. The fourth-order valence-electron chi connectivity index (χ4n) is 3.87. The lowest BCUT2D eigenvalue weighted by Crippen LogP contribution is -2.55. The van der Waals surface area contributed by atoms with Gasteiger partial charge >= 0.3 is 0 Å². The number of sulfone groups is 1. The largest absolute Gasteiger partial charge is 0.497 e. The first kappa shape index (κ1) is 19.9. The van der Waals surface area contributed by atoms with Gasteiger partial charge in [0.25, 0.3) is 0 Å². The Labute approximate surface area is 161 Å². The molecule has 0 aromatic heterocycles. The lowest BCUT2D eigenvalue weighted by atomic mass is 10.1. The molecule has 7 nitrogen and oxygen atoms in total. The number of ether oxygens (including phenoxy) is 1. The lowest BCUT2D eigenvalue weighted by Gasteiger charge is -2.40. The zero-order chi connectivity index (χ0) is 19.6. The molecule has 1 amide bonds. The van der Waals surface area contributed by atoms with Gasteiger partial charge in [-0.15, -0.1) is 0 Å². The van der Waals surface area contributed by atoms with Crippen molar-refractivity contribution in [2.45, 2.75) is 25.4 Å². The molecule has 150 valence electrons. The number of anilines is 1. The molecule has 0 radical (unpaired) electrons. The number of hydrogen-bond acceptors (Lipinski definition) is 6. The van der Waals surface area contributed by atoms with Crippen LogP contribution in [0.25, 0.3) is 0 Å². The molecule has 0 spiro atoms. The number of piperazine rings is 1. The van der Waals surface area contributed by atoms with Gasteiger partial charge in [0.15, 0.2) is 9.84 Å². The number of carbonyl (C=O) groups is 1. The molecule has 2 aliphatic heterocycles. The number of nitrogens with zero attached hydrogens (tertiary/aromatic N) is 3. The Kier molecular flexibility index (Phi) is 5.95. The van der Waals surface area contributed by atoms with Crippen LogP contribution < -0.4 is 9.64 Å². The van der Waals surface area contributed by atoms with E-state index in [-0.39, 0.29) is 29.5 Å². The first-order chi connectivity index (χ1) is 12.8. The second-order valence-electron chi connectivity index (χ2n) is 7.40. The quantitative estimate of drug-likeness (QED) is 0.736. The zero-order valence-electron chi connectivity index (χ0n) is 16.3. The summed E-state index contributed by atoms with van der Waals surface area (Å²) >= 11 is 0. The van der Waals surface area contributed by atoms with E-state index in [1.165, 1.54) is 0 Å². The minimum absolute atomic E-state index is 0.00926. The monoisotopic (exact) mass is 395 g/mol. The van der Waals surface area contributed by atoms with E-state index in [0.717, 1.165) is 37.6 Å². The normalized spacial score (nSPS) is 23.8. The molecule has 1 aromatic carbocycles. The van der Waals surface area contributed by atoms with Crippen molar-refractivity contribution in [2.24, 2.45) is 0 Å². The Hall–Kier alpha value is -1.80. The average Bonchev–Trinajstić information content (AvgIpc) is 3.06. The molecule has 8 heteroatoms. The van der Waals surface area contributed by atoms with Crippen LogP contribution >= 0.6 is 0 Å². The standard InChI is InChI=1S/C19H29N3O4S/c1-15(19(23)20(2)17-8-13-27(24,25)14-17)21-9-11-22(12-10-21)16-4-6-18(26-3)7-5-16/h4-7,15,17H,8-14H2,1-3H3/t15-,17-/m1/s1. The highest BCUT2D eigenvalue weighted by molar-refractivity contribution is 7.91. The number of hydrogen-bond donors (Lipinski definition) is 0. The maximum Gasteiger partial charge on any atom is 0.239 e. The molecular formula is C19H29N3O4S. The third-order valence-corrected chi connectivity index (χ3v) is 7.51. The first-order valence-corrected chi connectivity index (χ1v) is 11.2. The first-order valence-electron chi connectivity index (χ1n) is 9.41. The van der Waals surface area contributed by atoms with Gasteiger partial charge in [-0.2, -0.15) is 0 Å². The molecule has 0 bridgehead atoms. The summed E-state index contributed by atoms with van der Waals surface area (Å²) in [6.45, 7) is 5.23. The Morgan fingerprint density at radius 2 is 1.81 bits per heavy atom. The van der Waals surface area contributed by atoms with E-state index in [9.17, 15) is 13.2 Å². The van der Waals surface area contributed by atoms with E-state index in [0.29, 0.717) is 6.42 Å². The Balaban J connectivity index is 1.54. The summed E-state index contributed by atoms with van der Waals surface area (Å²) in [6.07, 6.45) is 0.544. The summed E-state index contributed by atoms with van der Waals surface area (Å²) in [5, 5.41) is 0. The topological polar surface area (TPSA) is 70.2 Å². The molecule has 27 heavy (non-hydrogen) atoms. The van der Waals surface area contributed by atoms with Gasteiger partial charge in [0.1, 0.15) is 5.75 Å². The van der Waals surface area contributed by atoms with Gasteiger partial charge in [0, 0.05) is 45.0 Å². The molecule has 2 saturated heterocycles. The fourth-order valence-corrected chi connectivity index (χ4v) is 5.65. The highest BCUT2D eigenvalue weighted by Gasteiger charge is 2.35. The maximum absolute atomic E-state index is 12.8. The van der Waals surface area contributed by atoms with Crippen molar-refractivity contribution in [1.29, 1.82) is 0 Å². The second-order valence-corrected chi connectivity index (χ2v) is 9.63. The van der Waals surface area contributed by atoms with Crippen molar-refractivity contribution in [1.82, 2.24) is 9.80 Å². The Bertz CT molecular complexity index is 758. The van der Waals surface area contributed by atoms with Crippen molar-refractivity contribution < 1.29 is 17.9 Å². The van der Waals surface area contributed by atoms with E-state index >= 15 is 0 Å². The van der Waals surface area contributed by atoms with Crippen LogP contribution in [0.2, 0.25) is 0 Å². The third kappa shape index (κ3) is 4.55. The number of carbonyl (C=O) groups excluding carboxylic acids is 1. The molecular weight excluding hydrogens is 366 g/mol. The number of benzene rings is 1. The molecule has 3 rings (SSSR count). The Morgan fingerprint density at radius 1 is 1.19 bits per heavy atom. The number of methoxy groups -OCH3 is 1. The van der Waals surface area contributed by atoms with Gasteiger partial charge in [-0.05, 0) is 37.6 Å². The molecule has 1 aromatic rings. The van der Waals surface area contributed by atoms with Crippen LogP contribution in [0.15, 0.2) is 24.3 Å². The molecule has 2 heterocycles. The minimum atomic E-state index is -2.99. The molecule has 0 N–H and O–H groups in total. The summed E-state index contributed by atoms with van der Waals surface area (Å²) in [5.41, 5.74) is 1.16. The lowest BCUT2D eigenvalue weighted by molar-refractivity contribution is -0.136. The van der Waals surface area contributed by atoms with Gasteiger partial charge in [-0.25, -0.2) is 8.42 Å². The number of rotatable bonds is 5. The minimum Gasteiger partial charge on any atom is -0.497 e. The molecule has 0 aliphatic carbocycles. The SMILES string of the molecule is COc1ccc(N2CCN([C@H](C)C(=O)N(C)[C@@H]3CCS(=O)(=O)C3)CC2)cc1. The van der Waals surface area contributed by atoms with Gasteiger partial charge in [-0.3, -0.25) is 9.69 Å². The van der Waals surface area contributed by atoms with Crippen molar-refractivity contribution in [3.63, 3.8) is 0 Å². The predicted molar refractivity (Wildman–Crippen MR) is 106 cm³/mol. The van der Waals surface area contributed by atoms with Gasteiger partial charge in [-0.1, -0.05) is 0 Å². The van der Waals surface area contributed by atoms with Crippen molar-refractivity contribution in [3.05, 3.63) is 24.3 Å². The van der Waals surface area contributed by atoms with E-state index < -0.39 is 9.84 Å². The number of amides is 1. The summed E-state index contributed by atoms with van der Waals surface area (Å²) in [6, 6.07) is 7.59. The summed E-state index contributed by atoms with van der Waals surface area (Å²) in [7, 11) is 0.400. The van der Waals surface area contributed by atoms with Crippen LogP contribution in [0, 0.1) is 0 Å². The van der Waals surface area contributed by atoms with Crippen LogP contribution in [-0.4, -0.2) is 88.1 Å². The van der Waals surface area contributed by atoms with E-state index in [1.807, 2.05) is 19.1 Å². The molecule has 0 saturated carbocycles. The highest BCUT2D eigenvalue weighted by Crippen LogP contribution is 2.22. The van der Waals surface area contributed by atoms with Gasteiger partial charge in [0.05, 0.1) is 24.7 Å². The van der Waals surface area contributed by atoms with E-state index in [2.05, 4.69) is 21.9 Å². The van der Waals surface area contributed by atoms with Crippen LogP contribution in [0.4, 0.5) is 5.69 Å². The third-order valence-electron chi connectivity index (χ3n) is 5.76. The maximum atomic E-state index is 12.8. The van der Waals surface area contributed by atoms with Crippen molar-refractivity contribution in [3.8, 4) is 5.75 Å². The highest BCUT2D eigenvalue weighted by atomic mass is 32.2. The Morgan fingerprint density at radius 3 is 2.33 bits per heavy atom. The van der Waals surface area contributed by atoms with Crippen LogP contribution in [0.5, 0.6) is 5.75 Å². The fraction of sp³-hybridized carbons (Fsp3) is 0.632. The zero-order valence-corrected chi connectivity index (χ0v) is 17.1.